The van der Waals surface area contributed by atoms with E-state index in [9.17, 15) is 0 Å². The van der Waals surface area contributed by atoms with Crippen LogP contribution < -0.4 is 5.01 Å². The Morgan fingerprint density at radius 2 is 2.06 bits per heavy atom. The van der Waals surface area contributed by atoms with E-state index in [0.717, 1.165) is 29.1 Å². The zero-order valence-corrected chi connectivity index (χ0v) is 10.8. The molecule has 0 bridgehead atoms. The van der Waals surface area contributed by atoms with Crippen molar-refractivity contribution in [2.75, 3.05) is 25.0 Å². The van der Waals surface area contributed by atoms with Crippen LogP contribution in [0.5, 0.6) is 0 Å². The van der Waals surface area contributed by atoms with Gasteiger partial charge in [0.2, 0.25) is 0 Å². The second-order valence-electron chi connectivity index (χ2n) is 4.01. The molecule has 6 heteroatoms. The fraction of sp³-hybridized carbons (Fsp3) is 0.600. The lowest BCUT2D eigenvalue weighted by atomic mass is 10.4. The van der Waals surface area contributed by atoms with Gasteiger partial charge in [-0.2, -0.15) is 5.10 Å². The Kier molecular flexibility index (Phi) is 2.80. The molecule has 5 nitrogen and oxygen atoms in total. The molecule has 2 aromatic heterocycles. The number of hydrogen-bond donors (Lipinski definition) is 0. The molecule has 88 valence electrons. The second-order valence-corrected chi connectivity index (χ2v) is 4.39. The summed E-state index contributed by atoms with van der Waals surface area (Å²) in [7, 11) is 5.91. The van der Waals surface area contributed by atoms with Crippen LogP contribution in [0.1, 0.15) is 11.5 Å². The predicted octanol–water partition coefficient (Wildman–Crippen LogP) is 1.06. The van der Waals surface area contributed by atoms with Gasteiger partial charge in [0.15, 0.2) is 5.65 Å². The molecular weight excluding hydrogens is 226 g/mol. The second kappa shape index (κ2) is 3.97. The van der Waals surface area contributed by atoms with Crippen LogP contribution in [0.4, 0.5) is 0 Å². The van der Waals surface area contributed by atoms with Crippen molar-refractivity contribution in [2.24, 2.45) is 7.05 Å². The van der Waals surface area contributed by atoms with Gasteiger partial charge in [-0.25, -0.2) is 14.3 Å². The van der Waals surface area contributed by atoms with E-state index in [1.165, 1.54) is 0 Å². The van der Waals surface area contributed by atoms with Gasteiger partial charge in [0, 0.05) is 33.4 Å². The Bertz CT molecular complexity index is 511. The largest absolute Gasteiger partial charge is 0.316 e. The molecule has 0 amide bonds. The average molecular weight is 242 g/mol. The molecule has 16 heavy (non-hydrogen) atoms. The van der Waals surface area contributed by atoms with Gasteiger partial charge in [-0.1, -0.05) is 0 Å². The van der Waals surface area contributed by atoms with E-state index in [2.05, 4.69) is 14.8 Å². The fourth-order valence-corrected chi connectivity index (χ4v) is 2.14. The van der Waals surface area contributed by atoms with Crippen molar-refractivity contribution in [1.29, 1.82) is 0 Å². The highest BCUT2D eigenvalue weighted by Crippen LogP contribution is 2.19. The highest BCUT2D eigenvalue weighted by atomic mass is 35.5. The summed E-state index contributed by atoms with van der Waals surface area (Å²) in [6.45, 7) is 1.97. The maximum Gasteiger partial charge on any atom is 0.177 e. The fourth-order valence-electron chi connectivity index (χ4n) is 1.97. The van der Waals surface area contributed by atoms with E-state index in [1.807, 2.05) is 37.8 Å². The first-order valence-corrected chi connectivity index (χ1v) is 5.74. The molecular formula is C10H16ClN5. The minimum absolute atomic E-state index is 0.573. The van der Waals surface area contributed by atoms with Crippen LogP contribution in [-0.2, 0) is 13.5 Å². The van der Waals surface area contributed by atoms with Gasteiger partial charge in [-0.15, -0.1) is 11.6 Å². The van der Waals surface area contributed by atoms with Crippen molar-refractivity contribution in [1.82, 2.24) is 19.4 Å². The van der Waals surface area contributed by atoms with Crippen LogP contribution in [0.2, 0.25) is 0 Å². The maximum atomic E-state index is 5.79. The van der Waals surface area contributed by atoms with Crippen molar-refractivity contribution >= 4 is 22.8 Å². The minimum atomic E-state index is 0.573. The smallest absolute Gasteiger partial charge is 0.177 e. The molecule has 0 aliphatic rings. The first kappa shape index (κ1) is 11.3. The van der Waals surface area contributed by atoms with Crippen molar-refractivity contribution in [3.63, 3.8) is 0 Å². The van der Waals surface area contributed by atoms with Crippen molar-refractivity contribution in [2.45, 2.75) is 13.3 Å². The Hall–Kier alpha value is -1.23. The molecule has 0 aliphatic carbocycles. The number of aromatic nitrogens is 4. The standard InChI is InChI=1S/C10H16ClN5/c1-7-9-10(15(4)13-7)16(14(2)3)8(12-9)5-6-11/h5-6H2,1-4H3. The molecule has 2 heterocycles. The normalized spacial score (nSPS) is 11.3. The van der Waals surface area contributed by atoms with Crippen LogP contribution >= 0.6 is 11.6 Å². The van der Waals surface area contributed by atoms with Crippen molar-refractivity contribution in [3.8, 4) is 0 Å². The molecule has 0 aliphatic heterocycles. The van der Waals surface area contributed by atoms with Gasteiger partial charge >= 0.3 is 0 Å². The molecule has 2 rings (SSSR count). The minimum Gasteiger partial charge on any atom is -0.316 e. The molecule has 0 radical (unpaired) electrons. The van der Waals surface area contributed by atoms with E-state index >= 15 is 0 Å². The van der Waals surface area contributed by atoms with Gasteiger partial charge in [0.1, 0.15) is 11.3 Å². The number of imidazole rings is 1. The van der Waals surface area contributed by atoms with Crippen LogP contribution in [0.15, 0.2) is 0 Å². The molecule has 0 aromatic carbocycles. The maximum absolute atomic E-state index is 5.79. The predicted molar refractivity (Wildman–Crippen MR) is 65.7 cm³/mol. The van der Waals surface area contributed by atoms with E-state index in [4.69, 9.17) is 11.6 Å². The summed E-state index contributed by atoms with van der Waals surface area (Å²) in [5, 5.41) is 6.37. The third kappa shape index (κ3) is 1.55. The SMILES string of the molecule is Cc1nn(C)c2c1nc(CCCl)n2N(C)C. The molecule has 0 fully saturated rings. The summed E-state index contributed by atoms with van der Waals surface area (Å²) in [4.78, 5) is 4.60. The van der Waals surface area contributed by atoms with E-state index in [0.29, 0.717) is 5.88 Å². The highest BCUT2D eigenvalue weighted by Gasteiger charge is 2.17. The topological polar surface area (TPSA) is 38.9 Å². The number of aryl methyl sites for hydroxylation is 3. The number of halogens is 1. The van der Waals surface area contributed by atoms with E-state index in [-0.39, 0.29) is 0 Å². The van der Waals surface area contributed by atoms with Gasteiger partial charge in [0.05, 0.1) is 5.69 Å². The summed E-state index contributed by atoms with van der Waals surface area (Å²) in [5.74, 6) is 1.55. The summed E-state index contributed by atoms with van der Waals surface area (Å²) in [5.41, 5.74) is 2.92. The molecule has 0 saturated carbocycles. The lowest BCUT2D eigenvalue weighted by Crippen LogP contribution is -2.28. The Morgan fingerprint density at radius 3 is 2.62 bits per heavy atom. The number of nitrogens with zero attached hydrogens (tertiary/aromatic N) is 5. The third-order valence-corrected chi connectivity index (χ3v) is 2.75. The Balaban J connectivity index is 2.72. The van der Waals surface area contributed by atoms with Gasteiger partial charge in [0.25, 0.3) is 0 Å². The number of hydrogen-bond acceptors (Lipinski definition) is 3. The first-order chi connectivity index (χ1) is 7.56. The summed E-state index contributed by atoms with van der Waals surface area (Å²) < 4.78 is 3.91. The molecule has 0 atom stereocenters. The lowest BCUT2D eigenvalue weighted by molar-refractivity contribution is 0.661. The number of alkyl halides is 1. The molecule has 0 unspecified atom stereocenters. The van der Waals surface area contributed by atoms with Crippen LogP contribution in [-0.4, -0.2) is 39.4 Å². The zero-order valence-electron chi connectivity index (χ0n) is 10.0. The summed E-state index contributed by atoms with van der Waals surface area (Å²) in [6, 6.07) is 0. The van der Waals surface area contributed by atoms with Gasteiger partial charge in [-0.3, -0.25) is 0 Å². The Labute approximate surface area is 99.6 Å². The van der Waals surface area contributed by atoms with Crippen molar-refractivity contribution in [3.05, 3.63) is 11.5 Å². The summed E-state index contributed by atoms with van der Waals surface area (Å²) in [6.07, 6.45) is 0.758. The van der Waals surface area contributed by atoms with Gasteiger partial charge in [-0.05, 0) is 6.92 Å². The van der Waals surface area contributed by atoms with Crippen LogP contribution in [0, 0.1) is 6.92 Å². The lowest BCUT2D eigenvalue weighted by Gasteiger charge is -2.17. The molecule has 2 aromatic rings. The van der Waals surface area contributed by atoms with Crippen LogP contribution in [0.25, 0.3) is 11.2 Å². The first-order valence-electron chi connectivity index (χ1n) is 5.20. The Morgan fingerprint density at radius 1 is 1.38 bits per heavy atom. The monoisotopic (exact) mass is 241 g/mol. The molecule has 0 spiro atoms. The van der Waals surface area contributed by atoms with Crippen molar-refractivity contribution < 1.29 is 0 Å². The third-order valence-electron chi connectivity index (χ3n) is 2.57. The van der Waals surface area contributed by atoms with Gasteiger partial charge < -0.3 is 5.01 Å². The highest BCUT2D eigenvalue weighted by molar-refractivity contribution is 6.17. The quantitative estimate of drug-likeness (QED) is 0.755. The average Bonchev–Trinajstić information content (AvgIpc) is 2.68. The number of rotatable bonds is 3. The molecule has 0 N–H and O–H groups in total. The number of fused-ring (bicyclic) bond motifs is 1. The van der Waals surface area contributed by atoms with E-state index in [1.54, 1.807) is 0 Å². The van der Waals surface area contributed by atoms with E-state index < -0.39 is 0 Å². The molecule has 0 saturated heterocycles. The summed E-state index contributed by atoms with van der Waals surface area (Å²) >= 11 is 5.79. The zero-order chi connectivity index (χ0) is 11.9. The van der Waals surface area contributed by atoms with Crippen LogP contribution in [0.3, 0.4) is 0 Å².